The molecular formula is C12H13BrFNO3S. The van der Waals surface area contributed by atoms with Crippen LogP contribution in [0.1, 0.15) is 24.9 Å². The summed E-state index contributed by atoms with van der Waals surface area (Å²) in [6, 6.07) is 7.11. The van der Waals surface area contributed by atoms with Crippen molar-refractivity contribution in [3.8, 4) is 0 Å². The normalized spacial score (nSPS) is 21.7. The number of hydrogen-bond donors (Lipinski definition) is 0. The van der Waals surface area contributed by atoms with Gasteiger partial charge in [0.1, 0.15) is 5.25 Å². The lowest BCUT2D eigenvalue weighted by molar-refractivity contribution is -0.129. The maximum Gasteiger partial charge on any atom is 0.307 e. The summed E-state index contributed by atoms with van der Waals surface area (Å²) in [5, 5.41) is -1.24. The van der Waals surface area contributed by atoms with Gasteiger partial charge in [-0.1, -0.05) is 28.1 Å². The van der Waals surface area contributed by atoms with E-state index in [0.29, 0.717) is 0 Å². The van der Waals surface area contributed by atoms with Crippen molar-refractivity contribution in [1.82, 2.24) is 4.90 Å². The van der Waals surface area contributed by atoms with Crippen molar-refractivity contribution in [2.45, 2.75) is 24.6 Å². The summed E-state index contributed by atoms with van der Waals surface area (Å²) >= 11 is 3.32. The Morgan fingerprint density at radius 1 is 1.37 bits per heavy atom. The molecule has 2 atom stereocenters. The van der Waals surface area contributed by atoms with Gasteiger partial charge in [-0.15, -0.1) is 3.89 Å². The fourth-order valence-corrected chi connectivity index (χ4v) is 3.13. The van der Waals surface area contributed by atoms with Crippen molar-refractivity contribution in [3.63, 3.8) is 0 Å². The van der Waals surface area contributed by atoms with Crippen molar-refractivity contribution >= 4 is 32.1 Å². The van der Waals surface area contributed by atoms with Crippen LogP contribution in [0.2, 0.25) is 0 Å². The van der Waals surface area contributed by atoms with E-state index in [-0.39, 0.29) is 24.9 Å². The molecule has 4 nitrogen and oxygen atoms in total. The Kier molecular flexibility index (Phi) is 3.96. The van der Waals surface area contributed by atoms with Gasteiger partial charge < -0.3 is 4.90 Å². The van der Waals surface area contributed by atoms with Crippen molar-refractivity contribution in [3.05, 3.63) is 34.3 Å². The van der Waals surface area contributed by atoms with Gasteiger partial charge in [-0.3, -0.25) is 4.79 Å². The number of likely N-dealkylation sites (tertiary alicyclic amines) is 1. The minimum Gasteiger partial charge on any atom is -0.334 e. The number of halogens is 2. The molecule has 0 N–H and O–H groups in total. The van der Waals surface area contributed by atoms with Crippen molar-refractivity contribution in [2.75, 3.05) is 6.54 Å². The number of rotatable bonds is 3. The Labute approximate surface area is 119 Å². The number of nitrogens with zero attached hydrogens (tertiary/aromatic N) is 1. The highest BCUT2D eigenvalue weighted by molar-refractivity contribution is 9.10. The number of carbonyl (C=O) groups is 1. The fourth-order valence-electron chi connectivity index (χ4n) is 2.18. The van der Waals surface area contributed by atoms with Crippen LogP contribution in [0, 0.1) is 0 Å². The number of hydrogen-bond acceptors (Lipinski definition) is 3. The standard InChI is InChI=1S/C12H13BrFNO3S/c1-8(9-2-4-10(13)5-3-9)15-7-11(6-12(15)16)19(14,17)18/h2-5,8,11H,6-7H2,1H3. The zero-order chi connectivity index (χ0) is 14.2. The zero-order valence-electron chi connectivity index (χ0n) is 10.2. The van der Waals surface area contributed by atoms with E-state index in [9.17, 15) is 17.1 Å². The second kappa shape index (κ2) is 5.20. The topological polar surface area (TPSA) is 54.5 Å². The zero-order valence-corrected chi connectivity index (χ0v) is 12.6. The number of benzene rings is 1. The van der Waals surface area contributed by atoms with E-state index in [1.165, 1.54) is 4.90 Å². The molecule has 0 aromatic heterocycles. The highest BCUT2D eigenvalue weighted by Gasteiger charge is 2.40. The third-order valence-corrected chi connectivity index (χ3v) is 4.98. The summed E-state index contributed by atoms with van der Waals surface area (Å²) in [5.74, 6) is -0.332. The maximum atomic E-state index is 12.9. The quantitative estimate of drug-likeness (QED) is 0.787. The molecule has 0 saturated carbocycles. The molecule has 104 valence electrons. The Balaban J connectivity index is 2.18. The van der Waals surface area contributed by atoms with Crippen LogP contribution in [0.15, 0.2) is 28.7 Å². The molecule has 0 aliphatic carbocycles. The molecule has 0 bridgehead atoms. The summed E-state index contributed by atoms with van der Waals surface area (Å²) in [6.45, 7) is 1.71. The Morgan fingerprint density at radius 2 is 1.95 bits per heavy atom. The van der Waals surface area contributed by atoms with Crippen molar-refractivity contribution < 1.29 is 17.1 Å². The molecule has 1 saturated heterocycles. The lowest BCUT2D eigenvalue weighted by Crippen LogP contribution is -2.30. The molecule has 1 aliphatic rings. The van der Waals surface area contributed by atoms with Crippen LogP contribution in [-0.2, 0) is 15.0 Å². The lowest BCUT2D eigenvalue weighted by atomic mass is 10.1. The van der Waals surface area contributed by atoms with Gasteiger partial charge in [0, 0.05) is 17.4 Å². The van der Waals surface area contributed by atoms with Crippen LogP contribution < -0.4 is 0 Å². The van der Waals surface area contributed by atoms with Crippen LogP contribution in [-0.4, -0.2) is 31.0 Å². The number of amides is 1. The highest BCUT2D eigenvalue weighted by atomic mass is 79.9. The van der Waals surface area contributed by atoms with Crippen LogP contribution in [0.4, 0.5) is 3.89 Å². The van der Waals surface area contributed by atoms with Gasteiger partial charge in [-0.25, -0.2) is 0 Å². The summed E-state index contributed by atoms with van der Waals surface area (Å²) < 4.78 is 35.6. The predicted molar refractivity (Wildman–Crippen MR) is 72.7 cm³/mol. The molecule has 1 aromatic rings. The molecule has 2 rings (SSSR count). The van der Waals surface area contributed by atoms with Crippen LogP contribution in [0.3, 0.4) is 0 Å². The summed E-state index contributed by atoms with van der Waals surface area (Å²) in [6.07, 6.45) is -0.278. The minimum atomic E-state index is -4.66. The van der Waals surface area contributed by atoms with E-state index in [2.05, 4.69) is 15.9 Å². The first-order valence-corrected chi connectivity index (χ1v) is 8.01. The molecule has 2 unspecified atom stereocenters. The van der Waals surface area contributed by atoms with Crippen LogP contribution in [0.5, 0.6) is 0 Å². The Morgan fingerprint density at radius 3 is 2.42 bits per heavy atom. The molecule has 1 aliphatic heterocycles. The largest absolute Gasteiger partial charge is 0.334 e. The molecule has 0 radical (unpaired) electrons. The third-order valence-electron chi connectivity index (χ3n) is 3.34. The molecule has 1 amide bonds. The SMILES string of the molecule is CC(c1ccc(Br)cc1)N1CC(S(=O)(=O)F)CC1=O. The number of carbonyl (C=O) groups excluding carboxylic acids is 1. The van der Waals surface area contributed by atoms with Crippen LogP contribution >= 0.6 is 15.9 Å². The smallest absolute Gasteiger partial charge is 0.307 e. The second-order valence-corrected chi connectivity index (χ2v) is 7.11. The average Bonchev–Trinajstić information content (AvgIpc) is 2.71. The Hall–Kier alpha value is -0.950. The first-order valence-electron chi connectivity index (χ1n) is 5.77. The molecule has 0 spiro atoms. The lowest BCUT2D eigenvalue weighted by Gasteiger charge is -2.24. The van der Waals surface area contributed by atoms with Crippen molar-refractivity contribution in [1.29, 1.82) is 0 Å². The predicted octanol–water partition coefficient (Wildman–Crippen LogP) is 2.41. The van der Waals surface area contributed by atoms with Gasteiger partial charge in [-0.2, -0.15) is 8.42 Å². The molecular weight excluding hydrogens is 337 g/mol. The molecule has 1 fully saturated rings. The molecule has 1 aromatic carbocycles. The van der Waals surface area contributed by atoms with E-state index in [1.807, 2.05) is 24.3 Å². The maximum absolute atomic E-state index is 12.9. The first kappa shape index (κ1) is 14.5. The minimum absolute atomic E-state index is 0.0884. The van der Waals surface area contributed by atoms with E-state index in [4.69, 9.17) is 0 Å². The van der Waals surface area contributed by atoms with Gasteiger partial charge in [-0.05, 0) is 24.6 Å². The summed E-state index contributed by atoms with van der Waals surface area (Å²) in [5.41, 5.74) is 0.883. The van der Waals surface area contributed by atoms with Gasteiger partial charge in [0.05, 0.1) is 6.04 Å². The van der Waals surface area contributed by atoms with Gasteiger partial charge in [0.25, 0.3) is 0 Å². The molecule has 1 heterocycles. The fraction of sp³-hybridized carbons (Fsp3) is 0.417. The van der Waals surface area contributed by atoms with E-state index < -0.39 is 15.5 Å². The molecule has 7 heteroatoms. The second-order valence-electron chi connectivity index (χ2n) is 4.58. The first-order chi connectivity index (χ1) is 8.79. The summed E-state index contributed by atoms with van der Waals surface area (Å²) in [7, 11) is -4.66. The average molecular weight is 350 g/mol. The Bertz CT molecular complexity index is 587. The van der Waals surface area contributed by atoms with E-state index >= 15 is 0 Å². The summed E-state index contributed by atoms with van der Waals surface area (Å²) in [4.78, 5) is 13.2. The van der Waals surface area contributed by atoms with Gasteiger partial charge in [0.15, 0.2) is 0 Å². The van der Waals surface area contributed by atoms with Crippen LogP contribution in [0.25, 0.3) is 0 Å². The third kappa shape index (κ3) is 3.14. The van der Waals surface area contributed by atoms with Gasteiger partial charge >= 0.3 is 10.2 Å². The van der Waals surface area contributed by atoms with Gasteiger partial charge in [0.2, 0.25) is 5.91 Å². The highest BCUT2D eigenvalue weighted by Crippen LogP contribution is 2.29. The van der Waals surface area contributed by atoms with Crippen molar-refractivity contribution in [2.24, 2.45) is 0 Å². The van der Waals surface area contributed by atoms with E-state index in [0.717, 1.165) is 10.0 Å². The molecule has 19 heavy (non-hydrogen) atoms. The monoisotopic (exact) mass is 349 g/mol. The van der Waals surface area contributed by atoms with E-state index in [1.54, 1.807) is 6.92 Å².